The molecule has 1 aromatic heterocycles. The molecule has 1 fully saturated rings. The average molecular weight is 282 g/mol. The molecule has 0 spiro atoms. The van der Waals surface area contributed by atoms with Gasteiger partial charge in [-0.25, -0.2) is 9.78 Å². The molecule has 0 atom stereocenters. The Bertz CT molecular complexity index is 452. The Balaban J connectivity index is 1.78. The summed E-state index contributed by atoms with van der Waals surface area (Å²) in [5.41, 5.74) is 0. The highest BCUT2D eigenvalue weighted by molar-refractivity contribution is 7.17. The number of nitrogens with zero attached hydrogens (tertiary/aromatic N) is 1. The molecule has 1 N–H and O–H groups in total. The molecule has 5 nitrogen and oxygen atoms in total. The van der Waals surface area contributed by atoms with Crippen LogP contribution in [0.2, 0.25) is 0 Å². The number of methoxy groups -OCH3 is 1. The van der Waals surface area contributed by atoms with Crippen molar-refractivity contribution < 1.29 is 14.3 Å². The van der Waals surface area contributed by atoms with Crippen LogP contribution in [0.15, 0.2) is 6.20 Å². The third-order valence-electron chi connectivity index (χ3n) is 3.39. The van der Waals surface area contributed by atoms with Crippen LogP contribution in [0.3, 0.4) is 0 Å². The average Bonchev–Trinajstić information content (AvgIpc) is 3.06. The summed E-state index contributed by atoms with van der Waals surface area (Å²) in [5.74, 6) is 0.245. The van der Waals surface area contributed by atoms with Crippen LogP contribution in [0.5, 0.6) is 0 Å². The monoisotopic (exact) mass is 282 g/mol. The first-order valence-corrected chi connectivity index (χ1v) is 7.34. The summed E-state index contributed by atoms with van der Waals surface area (Å²) in [7, 11) is 1.32. The van der Waals surface area contributed by atoms with E-state index in [1.165, 1.54) is 39.0 Å². The Kier molecular flexibility index (Phi) is 4.90. The van der Waals surface area contributed by atoms with Crippen LogP contribution in [0.25, 0.3) is 0 Å². The molecule has 0 aliphatic heterocycles. The minimum absolute atomic E-state index is 0.0299. The fourth-order valence-corrected chi connectivity index (χ4v) is 3.09. The van der Waals surface area contributed by atoms with Crippen molar-refractivity contribution in [2.24, 2.45) is 5.92 Å². The molecule has 0 aromatic carbocycles. The van der Waals surface area contributed by atoms with E-state index < -0.39 is 5.97 Å². The predicted octanol–water partition coefficient (Wildman–Crippen LogP) is 2.84. The molecule has 0 radical (unpaired) electrons. The molecule has 2 rings (SSSR count). The number of esters is 1. The Labute approximate surface area is 116 Å². The number of amides is 1. The number of ether oxygens (including phenoxy) is 1. The smallest absolute Gasteiger partial charge is 0.349 e. The van der Waals surface area contributed by atoms with Crippen molar-refractivity contribution in [2.45, 2.75) is 38.5 Å². The van der Waals surface area contributed by atoms with E-state index in [-0.39, 0.29) is 5.91 Å². The number of rotatable bonds is 5. The second-order valence-corrected chi connectivity index (χ2v) is 5.79. The van der Waals surface area contributed by atoms with Crippen molar-refractivity contribution in [2.75, 3.05) is 12.4 Å². The normalized spacial score (nSPS) is 15.4. The zero-order valence-corrected chi connectivity index (χ0v) is 11.8. The number of aromatic nitrogens is 1. The van der Waals surface area contributed by atoms with Gasteiger partial charge < -0.3 is 10.1 Å². The number of carbonyl (C=O) groups is 2. The van der Waals surface area contributed by atoms with Crippen LogP contribution in [-0.4, -0.2) is 24.0 Å². The van der Waals surface area contributed by atoms with Crippen LogP contribution in [-0.2, 0) is 9.53 Å². The van der Waals surface area contributed by atoms with Crippen LogP contribution in [0, 0.1) is 5.92 Å². The van der Waals surface area contributed by atoms with Crippen molar-refractivity contribution in [3.05, 3.63) is 11.1 Å². The number of anilines is 1. The van der Waals surface area contributed by atoms with E-state index in [1.54, 1.807) is 0 Å². The van der Waals surface area contributed by atoms with E-state index >= 15 is 0 Å². The van der Waals surface area contributed by atoms with Gasteiger partial charge in [0, 0.05) is 6.42 Å². The maximum absolute atomic E-state index is 11.8. The van der Waals surface area contributed by atoms with Gasteiger partial charge in [0.15, 0.2) is 5.13 Å². The van der Waals surface area contributed by atoms with E-state index in [1.807, 2.05) is 0 Å². The molecule has 19 heavy (non-hydrogen) atoms. The topological polar surface area (TPSA) is 68.3 Å². The van der Waals surface area contributed by atoms with Crippen molar-refractivity contribution in [1.29, 1.82) is 0 Å². The summed E-state index contributed by atoms with van der Waals surface area (Å²) in [6.07, 6.45) is 7.97. The van der Waals surface area contributed by atoms with Crippen LogP contribution >= 0.6 is 11.3 Å². The number of carbonyl (C=O) groups excluding carboxylic acids is 2. The zero-order valence-electron chi connectivity index (χ0n) is 11.0. The van der Waals surface area contributed by atoms with Crippen molar-refractivity contribution >= 4 is 28.3 Å². The zero-order chi connectivity index (χ0) is 13.7. The second kappa shape index (κ2) is 6.65. The molecule has 0 bridgehead atoms. The quantitative estimate of drug-likeness (QED) is 0.843. The lowest BCUT2D eigenvalue weighted by molar-refractivity contribution is -0.116. The van der Waals surface area contributed by atoms with Gasteiger partial charge in [-0.15, -0.1) is 0 Å². The van der Waals surface area contributed by atoms with Gasteiger partial charge in [-0.2, -0.15) is 0 Å². The van der Waals surface area contributed by atoms with Gasteiger partial charge >= 0.3 is 5.97 Å². The molecule has 1 aliphatic rings. The lowest BCUT2D eigenvalue weighted by Crippen LogP contribution is -2.12. The Hall–Kier alpha value is -1.43. The summed E-state index contributed by atoms with van der Waals surface area (Å²) in [4.78, 5) is 27.4. The largest absolute Gasteiger partial charge is 0.465 e. The van der Waals surface area contributed by atoms with E-state index in [0.717, 1.165) is 17.8 Å². The highest BCUT2D eigenvalue weighted by Gasteiger charge is 2.17. The third-order valence-corrected chi connectivity index (χ3v) is 4.29. The van der Waals surface area contributed by atoms with Crippen molar-refractivity contribution in [3.63, 3.8) is 0 Å². The molecular weight excluding hydrogens is 264 g/mol. The van der Waals surface area contributed by atoms with Gasteiger partial charge in [0.2, 0.25) is 5.91 Å². The van der Waals surface area contributed by atoms with Crippen LogP contribution < -0.4 is 5.32 Å². The summed E-state index contributed by atoms with van der Waals surface area (Å²) >= 11 is 1.13. The maximum Gasteiger partial charge on any atom is 0.349 e. The van der Waals surface area contributed by atoms with E-state index in [0.29, 0.717) is 22.3 Å². The molecule has 0 saturated heterocycles. The first kappa shape index (κ1) is 14.0. The molecular formula is C13H18N2O3S. The van der Waals surface area contributed by atoms with Gasteiger partial charge in [0.1, 0.15) is 4.88 Å². The number of hydrogen-bond donors (Lipinski definition) is 1. The molecule has 1 aliphatic carbocycles. The van der Waals surface area contributed by atoms with E-state index in [9.17, 15) is 9.59 Å². The SMILES string of the molecule is COC(=O)c1cnc(NC(=O)CCC2CCCC2)s1. The van der Waals surface area contributed by atoms with Crippen molar-refractivity contribution in [1.82, 2.24) is 4.98 Å². The fraction of sp³-hybridized carbons (Fsp3) is 0.615. The lowest BCUT2D eigenvalue weighted by atomic mass is 10.0. The minimum Gasteiger partial charge on any atom is -0.465 e. The molecule has 1 amide bonds. The van der Waals surface area contributed by atoms with Gasteiger partial charge in [-0.1, -0.05) is 37.0 Å². The van der Waals surface area contributed by atoms with E-state index in [2.05, 4.69) is 15.0 Å². The third kappa shape index (κ3) is 4.02. The highest BCUT2D eigenvalue weighted by atomic mass is 32.1. The molecule has 0 unspecified atom stereocenters. The second-order valence-electron chi connectivity index (χ2n) is 4.76. The molecule has 1 saturated carbocycles. The number of thiazole rings is 1. The summed E-state index contributed by atoms with van der Waals surface area (Å²) in [6, 6.07) is 0. The Morgan fingerprint density at radius 3 is 2.89 bits per heavy atom. The Morgan fingerprint density at radius 1 is 1.47 bits per heavy atom. The fourth-order valence-electron chi connectivity index (χ4n) is 2.34. The van der Waals surface area contributed by atoms with E-state index in [4.69, 9.17) is 0 Å². The minimum atomic E-state index is -0.427. The molecule has 6 heteroatoms. The van der Waals surface area contributed by atoms with Gasteiger partial charge in [0.25, 0.3) is 0 Å². The molecule has 1 aromatic rings. The standard InChI is InChI=1S/C13H18N2O3S/c1-18-12(17)10-8-14-13(19-10)15-11(16)7-6-9-4-2-3-5-9/h8-9H,2-7H2,1H3,(H,14,15,16). The highest BCUT2D eigenvalue weighted by Crippen LogP contribution is 2.28. The maximum atomic E-state index is 11.8. The van der Waals surface area contributed by atoms with Crippen molar-refractivity contribution in [3.8, 4) is 0 Å². The summed E-state index contributed by atoms with van der Waals surface area (Å²) in [6.45, 7) is 0. The first-order valence-electron chi connectivity index (χ1n) is 6.53. The van der Waals surface area contributed by atoms with Gasteiger partial charge in [-0.3, -0.25) is 4.79 Å². The Morgan fingerprint density at radius 2 is 2.21 bits per heavy atom. The summed E-state index contributed by atoms with van der Waals surface area (Å²) < 4.78 is 4.59. The number of hydrogen-bond acceptors (Lipinski definition) is 5. The first-order chi connectivity index (χ1) is 9.19. The lowest BCUT2D eigenvalue weighted by Gasteiger charge is -2.07. The van der Waals surface area contributed by atoms with Gasteiger partial charge in [-0.05, 0) is 12.3 Å². The number of nitrogens with one attached hydrogen (secondary N) is 1. The van der Waals surface area contributed by atoms with Gasteiger partial charge in [0.05, 0.1) is 13.3 Å². The molecule has 104 valence electrons. The summed E-state index contributed by atoms with van der Waals surface area (Å²) in [5, 5.41) is 3.18. The van der Waals surface area contributed by atoms with Crippen LogP contribution in [0.1, 0.15) is 48.2 Å². The van der Waals surface area contributed by atoms with Crippen LogP contribution in [0.4, 0.5) is 5.13 Å². The predicted molar refractivity (Wildman–Crippen MR) is 73.3 cm³/mol. The molecule has 1 heterocycles.